The third-order valence-electron chi connectivity index (χ3n) is 5.95. The van der Waals surface area contributed by atoms with Crippen LogP contribution in [0.1, 0.15) is 83.8 Å². The lowest BCUT2D eigenvalue weighted by Gasteiger charge is -2.23. The summed E-state index contributed by atoms with van der Waals surface area (Å²) in [6, 6.07) is 11.6. The van der Waals surface area contributed by atoms with Crippen LogP contribution < -0.4 is 0 Å². The van der Waals surface area contributed by atoms with E-state index in [0.29, 0.717) is 25.1 Å². The van der Waals surface area contributed by atoms with E-state index in [2.05, 4.69) is 37.9 Å². The predicted octanol–water partition coefficient (Wildman–Crippen LogP) is 6.05. The standard InChI is InChI=1S/C27H39N3O3/c1-5-6-7-8-9-12-17-33-25(31)16-15-20-18-21(27(2,3)4)26(32)24(19-20)30-28-22-13-10-11-14-23(22)29-30/h10-11,13-14,18-19,25,31-32H,5-9,12,15-17H2,1-4H3. The molecule has 2 N–H and O–H groups in total. The molecule has 0 bridgehead atoms. The molecule has 0 amide bonds. The molecule has 6 nitrogen and oxygen atoms in total. The van der Waals surface area contributed by atoms with Crippen molar-refractivity contribution in [1.82, 2.24) is 15.0 Å². The quantitative estimate of drug-likeness (QED) is 0.258. The van der Waals surface area contributed by atoms with Gasteiger partial charge in [-0.15, -0.1) is 15.0 Å². The Balaban J connectivity index is 1.68. The van der Waals surface area contributed by atoms with Gasteiger partial charge in [0.25, 0.3) is 0 Å². The number of aryl methyl sites for hydroxylation is 1. The summed E-state index contributed by atoms with van der Waals surface area (Å²) >= 11 is 0. The normalized spacial score (nSPS) is 13.0. The Bertz CT molecular complexity index is 990. The SMILES string of the molecule is CCCCCCCCOC(O)CCc1cc(-n2nc3ccccc3n2)c(O)c(C(C)(C)C)c1. The molecule has 1 atom stereocenters. The van der Waals surface area contributed by atoms with Gasteiger partial charge in [-0.05, 0) is 42.0 Å². The number of benzene rings is 2. The van der Waals surface area contributed by atoms with Crippen molar-refractivity contribution in [2.24, 2.45) is 0 Å². The minimum Gasteiger partial charge on any atom is -0.505 e. The number of aliphatic hydroxyl groups excluding tert-OH is 1. The van der Waals surface area contributed by atoms with Crippen LogP contribution in [0, 0.1) is 0 Å². The lowest BCUT2D eigenvalue weighted by molar-refractivity contribution is -0.103. The lowest BCUT2D eigenvalue weighted by atomic mass is 9.84. The Morgan fingerprint density at radius 1 is 0.970 bits per heavy atom. The molecule has 0 radical (unpaired) electrons. The number of phenols is 1. The van der Waals surface area contributed by atoms with Crippen molar-refractivity contribution >= 4 is 11.0 Å². The second-order valence-corrected chi connectivity index (χ2v) is 9.87. The van der Waals surface area contributed by atoms with Crippen LogP contribution in [-0.4, -0.2) is 38.1 Å². The number of fused-ring (bicyclic) bond motifs is 1. The first-order valence-corrected chi connectivity index (χ1v) is 12.3. The largest absolute Gasteiger partial charge is 0.505 e. The van der Waals surface area contributed by atoms with Crippen LogP contribution in [0.5, 0.6) is 5.75 Å². The van der Waals surface area contributed by atoms with Gasteiger partial charge in [0.15, 0.2) is 6.29 Å². The van der Waals surface area contributed by atoms with Gasteiger partial charge in [-0.3, -0.25) is 0 Å². The molecule has 1 heterocycles. The fourth-order valence-electron chi connectivity index (χ4n) is 3.99. The summed E-state index contributed by atoms with van der Waals surface area (Å²) in [5, 5.41) is 30.5. The fraction of sp³-hybridized carbons (Fsp3) is 0.556. The first-order chi connectivity index (χ1) is 15.8. The number of phenolic OH excluding ortho intramolecular Hbond substituents is 1. The van der Waals surface area contributed by atoms with E-state index in [1.54, 1.807) is 0 Å². The first-order valence-electron chi connectivity index (χ1n) is 12.3. The summed E-state index contributed by atoms with van der Waals surface area (Å²) in [5.74, 6) is 0.187. The van der Waals surface area contributed by atoms with Gasteiger partial charge < -0.3 is 14.9 Å². The van der Waals surface area contributed by atoms with Gasteiger partial charge in [0, 0.05) is 18.6 Å². The summed E-state index contributed by atoms with van der Waals surface area (Å²) < 4.78 is 5.62. The molecule has 1 aromatic heterocycles. The Kier molecular flexibility index (Phi) is 8.87. The molecule has 0 aliphatic heterocycles. The summed E-state index contributed by atoms with van der Waals surface area (Å²) in [4.78, 5) is 1.50. The first kappa shape index (κ1) is 25.2. The highest BCUT2D eigenvalue weighted by atomic mass is 16.6. The molecule has 0 spiro atoms. The third-order valence-corrected chi connectivity index (χ3v) is 5.95. The minimum absolute atomic E-state index is 0.187. The van der Waals surface area contributed by atoms with Crippen LogP contribution in [0.4, 0.5) is 0 Å². The Hall–Kier alpha value is -2.44. The van der Waals surface area contributed by atoms with Gasteiger partial charge in [0.05, 0.1) is 0 Å². The van der Waals surface area contributed by atoms with Crippen LogP contribution >= 0.6 is 0 Å². The van der Waals surface area contributed by atoms with Crippen molar-refractivity contribution < 1.29 is 14.9 Å². The summed E-state index contributed by atoms with van der Waals surface area (Å²) in [5.41, 5.74) is 3.69. The van der Waals surface area contributed by atoms with Gasteiger partial charge in [-0.1, -0.05) is 78.0 Å². The van der Waals surface area contributed by atoms with Crippen molar-refractivity contribution in [2.75, 3.05) is 6.61 Å². The Morgan fingerprint density at radius 2 is 1.61 bits per heavy atom. The summed E-state index contributed by atoms with van der Waals surface area (Å²) in [6.45, 7) is 9.02. The Labute approximate surface area is 197 Å². The molecule has 0 saturated heterocycles. The van der Waals surface area contributed by atoms with Crippen molar-refractivity contribution in [3.63, 3.8) is 0 Å². The molecule has 2 aromatic carbocycles. The molecule has 3 rings (SSSR count). The number of unbranched alkanes of at least 4 members (excludes halogenated alkanes) is 5. The number of hydrogen-bond acceptors (Lipinski definition) is 5. The molecule has 180 valence electrons. The van der Waals surface area contributed by atoms with E-state index in [1.807, 2.05) is 36.4 Å². The number of hydrogen-bond donors (Lipinski definition) is 2. The molecule has 0 aliphatic carbocycles. The molecule has 3 aromatic rings. The number of aromatic hydroxyl groups is 1. The van der Waals surface area contributed by atoms with E-state index in [1.165, 1.54) is 30.5 Å². The van der Waals surface area contributed by atoms with Crippen molar-refractivity contribution in [3.05, 3.63) is 47.5 Å². The maximum Gasteiger partial charge on any atom is 0.154 e. The lowest BCUT2D eigenvalue weighted by Crippen LogP contribution is -2.16. The van der Waals surface area contributed by atoms with Gasteiger partial charge in [0.2, 0.25) is 0 Å². The molecule has 6 heteroatoms. The molecular weight excluding hydrogens is 414 g/mol. The summed E-state index contributed by atoms with van der Waals surface area (Å²) in [7, 11) is 0. The highest BCUT2D eigenvalue weighted by Crippen LogP contribution is 2.36. The van der Waals surface area contributed by atoms with E-state index < -0.39 is 6.29 Å². The van der Waals surface area contributed by atoms with E-state index >= 15 is 0 Å². The molecule has 0 aliphatic rings. The maximum absolute atomic E-state index is 11.1. The van der Waals surface area contributed by atoms with Crippen LogP contribution in [0.3, 0.4) is 0 Å². The zero-order chi connectivity index (χ0) is 23.8. The molecule has 0 fully saturated rings. The molecule has 33 heavy (non-hydrogen) atoms. The van der Waals surface area contributed by atoms with Gasteiger partial charge in [-0.25, -0.2) is 0 Å². The molecular formula is C27H39N3O3. The molecule has 0 saturated carbocycles. The van der Waals surface area contributed by atoms with Gasteiger partial charge in [0.1, 0.15) is 22.5 Å². The van der Waals surface area contributed by atoms with Crippen molar-refractivity contribution in [1.29, 1.82) is 0 Å². The van der Waals surface area contributed by atoms with E-state index in [9.17, 15) is 10.2 Å². The maximum atomic E-state index is 11.1. The van der Waals surface area contributed by atoms with Crippen LogP contribution in [0.15, 0.2) is 36.4 Å². The number of aliphatic hydroxyl groups is 1. The number of nitrogens with zero attached hydrogens (tertiary/aromatic N) is 3. The fourth-order valence-corrected chi connectivity index (χ4v) is 3.99. The van der Waals surface area contributed by atoms with Crippen molar-refractivity contribution in [3.8, 4) is 11.4 Å². The topological polar surface area (TPSA) is 80.4 Å². The minimum atomic E-state index is -0.790. The highest BCUT2D eigenvalue weighted by molar-refractivity contribution is 5.73. The number of ether oxygens (including phenoxy) is 1. The summed E-state index contributed by atoms with van der Waals surface area (Å²) in [6.07, 6.45) is 7.52. The third kappa shape index (κ3) is 7.02. The van der Waals surface area contributed by atoms with Crippen molar-refractivity contribution in [2.45, 2.75) is 90.8 Å². The average Bonchev–Trinajstić information content (AvgIpc) is 3.21. The van der Waals surface area contributed by atoms with Gasteiger partial charge >= 0.3 is 0 Å². The second kappa shape index (κ2) is 11.6. The van der Waals surface area contributed by atoms with Crippen LogP contribution in [0.25, 0.3) is 16.7 Å². The van der Waals surface area contributed by atoms with E-state index in [0.717, 1.165) is 35.0 Å². The predicted molar refractivity (Wildman–Crippen MR) is 133 cm³/mol. The number of rotatable bonds is 12. The Morgan fingerprint density at radius 3 is 2.24 bits per heavy atom. The number of aromatic nitrogens is 3. The smallest absolute Gasteiger partial charge is 0.154 e. The zero-order valence-corrected chi connectivity index (χ0v) is 20.5. The monoisotopic (exact) mass is 453 g/mol. The highest BCUT2D eigenvalue weighted by Gasteiger charge is 2.23. The second-order valence-electron chi connectivity index (χ2n) is 9.87. The van der Waals surface area contributed by atoms with Crippen LogP contribution in [0.2, 0.25) is 0 Å². The average molecular weight is 454 g/mol. The molecule has 1 unspecified atom stereocenters. The van der Waals surface area contributed by atoms with Gasteiger partial charge in [-0.2, -0.15) is 0 Å². The zero-order valence-electron chi connectivity index (χ0n) is 20.5. The van der Waals surface area contributed by atoms with E-state index in [4.69, 9.17) is 4.74 Å². The van der Waals surface area contributed by atoms with E-state index in [-0.39, 0.29) is 11.2 Å². The van der Waals surface area contributed by atoms with Crippen LogP contribution in [-0.2, 0) is 16.6 Å².